The van der Waals surface area contributed by atoms with Crippen LogP contribution in [-0.4, -0.2) is 57.7 Å². The molecule has 4 rings (SSSR count). The van der Waals surface area contributed by atoms with Crippen LogP contribution in [-0.2, 0) is 4.74 Å². The first-order valence-electron chi connectivity index (χ1n) is 8.53. The van der Waals surface area contributed by atoms with Crippen molar-refractivity contribution in [2.75, 3.05) is 19.8 Å². The summed E-state index contributed by atoms with van der Waals surface area (Å²) in [5.74, 6) is 0.899. The van der Waals surface area contributed by atoms with Crippen molar-refractivity contribution >= 4 is 5.91 Å². The van der Waals surface area contributed by atoms with Gasteiger partial charge in [-0.15, -0.1) is 0 Å². The second-order valence-corrected chi connectivity index (χ2v) is 6.38. The standard InChI is InChI=1S/C18H20N4O3/c23-18(14-11-19-5-6-20-14)22-7-8-24-16-10-13(9-15(16)22)12-25-17-3-1-2-4-21-17/h1-6,11,13,15-16H,7-10,12H2/t13?,15-,16-/m0/s1. The van der Waals surface area contributed by atoms with E-state index in [0.717, 1.165) is 12.8 Å². The van der Waals surface area contributed by atoms with Gasteiger partial charge >= 0.3 is 0 Å². The highest BCUT2D eigenvalue weighted by atomic mass is 16.5. The number of morpholine rings is 1. The van der Waals surface area contributed by atoms with Crippen LogP contribution in [0.5, 0.6) is 5.88 Å². The van der Waals surface area contributed by atoms with Crippen LogP contribution >= 0.6 is 0 Å². The average Bonchev–Trinajstić information content (AvgIpc) is 3.10. The predicted octanol–water partition coefficient (Wildman–Crippen LogP) is 1.57. The van der Waals surface area contributed by atoms with Gasteiger partial charge in [-0.25, -0.2) is 9.97 Å². The van der Waals surface area contributed by atoms with E-state index in [1.165, 1.54) is 6.20 Å². The van der Waals surface area contributed by atoms with Crippen molar-refractivity contribution < 1.29 is 14.3 Å². The van der Waals surface area contributed by atoms with Crippen LogP contribution in [0.3, 0.4) is 0 Å². The summed E-state index contributed by atoms with van der Waals surface area (Å²) in [5.41, 5.74) is 0.385. The van der Waals surface area contributed by atoms with Gasteiger partial charge in [-0.1, -0.05) is 6.07 Å². The van der Waals surface area contributed by atoms with E-state index in [0.29, 0.717) is 37.3 Å². The molecule has 0 bridgehead atoms. The fourth-order valence-corrected chi connectivity index (χ4v) is 3.63. The molecule has 0 spiro atoms. The van der Waals surface area contributed by atoms with Crippen LogP contribution in [0.4, 0.5) is 0 Å². The van der Waals surface area contributed by atoms with Gasteiger partial charge < -0.3 is 14.4 Å². The van der Waals surface area contributed by atoms with Gasteiger partial charge in [-0.2, -0.15) is 0 Å². The number of carbonyl (C=O) groups is 1. The third-order valence-corrected chi connectivity index (χ3v) is 4.78. The molecule has 3 atom stereocenters. The normalized spacial score (nSPS) is 25.4. The number of hydrogen-bond acceptors (Lipinski definition) is 6. The van der Waals surface area contributed by atoms with Crippen LogP contribution in [0.2, 0.25) is 0 Å². The average molecular weight is 340 g/mol. The lowest BCUT2D eigenvalue weighted by Gasteiger charge is -2.37. The molecule has 1 amide bonds. The molecule has 3 heterocycles. The highest BCUT2D eigenvalue weighted by Gasteiger charge is 2.43. The first-order chi connectivity index (χ1) is 12.3. The third kappa shape index (κ3) is 3.46. The smallest absolute Gasteiger partial charge is 0.274 e. The van der Waals surface area contributed by atoms with E-state index in [9.17, 15) is 4.79 Å². The quantitative estimate of drug-likeness (QED) is 0.841. The number of aromatic nitrogens is 3. The highest BCUT2D eigenvalue weighted by Crippen LogP contribution is 2.35. The maximum atomic E-state index is 12.8. The molecule has 2 fully saturated rings. The maximum Gasteiger partial charge on any atom is 0.274 e. The number of nitrogens with zero attached hydrogens (tertiary/aromatic N) is 4. The SMILES string of the molecule is O=C(c1cnccn1)N1CCO[C@H]2CC(COc3ccccn3)C[C@@H]21. The molecular formula is C18H20N4O3. The van der Waals surface area contributed by atoms with Crippen LogP contribution in [0, 0.1) is 5.92 Å². The Morgan fingerprint density at radius 2 is 2.20 bits per heavy atom. The van der Waals surface area contributed by atoms with Crippen LogP contribution in [0.15, 0.2) is 43.0 Å². The van der Waals surface area contributed by atoms with Crippen LogP contribution < -0.4 is 4.74 Å². The lowest BCUT2D eigenvalue weighted by Crippen LogP contribution is -2.51. The van der Waals surface area contributed by atoms with E-state index < -0.39 is 0 Å². The minimum absolute atomic E-state index is 0.0618. The Morgan fingerprint density at radius 1 is 1.24 bits per heavy atom. The maximum absolute atomic E-state index is 12.8. The molecule has 2 aromatic heterocycles. The Morgan fingerprint density at radius 3 is 3.00 bits per heavy atom. The van der Waals surface area contributed by atoms with E-state index >= 15 is 0 Å². The minimum Gasteiger partial charge on any atom is -0.477 e. The molecule has 2 aliphatic rings. The van der Waals surface area contributed by atoms with Gasteiger partial charge in [0, 0.05) is 31.2 Å². The Bertz CT molecular complexity index is 713. The van der Waals surface area contributed by atoms with Crippen molar-refractivity contribution in [2.45, 2.75) is 25.0 Å². The molecule has 1 aliphatic carbocycles. The van der Waals surface area contributed by atoms with Crippen molar-refractivity contribution in [1.29, 1.82) is 0 Å². The van der Waals surface area contributed by atoms with E-state index in [4.69, 9.17) is 9.47 Å². The zero-order valence-electron chi connectivity index (χ0n) is 13.8. The molecule has 2 aromatic rings. The number of pyridine rings is 1. The fraction of sp³-hybridized carbons (Fsp3) is 0.444. The van der Waals surface area contributed by atoms with Gasteiger partial charge in [0.15, 0.2) is 0 Å². The topological polar surface area (TPSA) is 77.4 Å². The second kappa shape index (κ2) is 7.14. The number of fused-ring (bicyclic) bond motifs is 1. The number of amides is 1. The summed E-state index contributed by atoms with van der Waals surface area (Å²) < 4.78 is 11.7. The van der Waals surface area contributed by atoms with Gasteiger partial charge in [-0.3, -0.25) is 9.78 Å². The highest BCUT2D eigenvalue weighted by molar-refractivity contribution is 5.92. The largest absolute Gasteiger partial charge is 0.477 e. The van der Waals surface area contributed by atoms with E-state index in [2.05, 4.69) is 15.0 Å². The van der Waals surface area contributed by atoms with Crippen LogP contribution in [0.1, 0.15) is 23.3 Å². The Labute approximate surface area is 146 Å². The zero-order chi connectivity index (χ0) is 17.1. The Hall–Kier alpha value is -2.54. The molecule has 1 saturated carbocycles. The molecular weight excluding hydrogens is 320 g/mol. The summed E-state index contributed by atoms with van der Waals surface area (Å²) in [4.78, 5) is 27.0. The van der Waals surface area contributed by atoms with Gasteiger partial charge in [0.05, 0.1) is 31.6 Å². The van der Waals surface area contributed by atoms with Gasteiger partial charge in [-0.05, 0) is 24.8 Å². The molecule has 25 heavy (non-hydrogen) atoms. The zero-order valence-corrected chi connectivity index (χ0v) is 13.8. The first-order valence-corrected chi connectivity index (χ1v) is 8.53. The monoisotopic (exact) mass is 340 g/mol. The fourth-order valence-electron chi connectivity index (χ4n) is 3.63. The summed E-state index contributed by atoms with van der Waals surface area (Å²) in [5, 5.41) is 0. The summed E-state index contributed by atoms with van der Waals surface area (Å²) in [7, 11) is 0. The van der Waals surface area contributed by atoms with Crippen molar-refractivity contribution in [3.63, 3.8) is 0 Å². The molecule has 0 N–H and O–H groups in total. The number of carbonyl (C=O) groups excluding carboxylic acids is 1. The van der Waals surface area contributed by atoms with Crippen molar-refractivity contribution in [3.05, 3.63) is 48.7 Å². The van der Waals surface area contributed by atoms with Gasteiger partial charge in [0.2, 0.25) is 5.88 Å². The Balaban J connectivity index is 1.41. The molecule has 7 heteroatoms. The summed E-state index contributed by atoms with van der Waals surface area (Å²) in [6.45, 7) is 1.73. The molecule has 7 nitrogen and oxygen atoms in total. The number of ether oxygens (including phenoxy) is 2. The molecule has 130 valence electrons. The summed E-state index contributed by atoms with van der Waals surface area (Å²) >= 11 is 0. The van der Waals surface area contributed by atoms with Crippen LogP contribution in [0.25, 0.3) is 0 Å². The molecule has 0 radical (unpaired) electrons. The first kappa shape index (κ1) is 16.0. The molecule has 1 aliphatic heterocycles. The molecule has 1 saturated heterocycles. The molecule has 1 unspecified atom stereocenters. The minimum atomic E-state index is -0.0716. The van der Waals surface area contributed by atoms with E-state index in [1.54, 1.807) is 18.6 Å². The van der Waals surface area contributed by atoms with Crippen molar-refractivity contribution in [3.8, 4) is 5.88 Å². The van der Waals surface area contributed by atoms with E-state index in [-0.39, 0.29) is 18.1 Å². The van der Waals surface area contributed by atoms with Gasteiger partial charge in [0.25, 0.3) is 5.91 Å². The summed E-state index contributed by atoms with van der Waals surface area (Å²) in [6, 6.07) is 5.69. The number of hydrogen-bond donors (Lipinski definition) is 0. The third-order valence-electron chi connectivity index (χ3n) is 4.78. The number of rotatable bonds is 4. The predicted molar refractivity (Wildman–Crippen MR) is 89.1 cm³/mol. The van der Waals surface area contributed by atoms with Crippen molar-refractivity contribution in [2.24, 2.45) is 5.92 Å². The lowest BCUT2D eigenvalue weighted by molar-refractivity contribution is -0.0450. The lowest BCUT2D eigenvalue weighted by atomic mass is 10.1. The second-order valence-electron chi connectivity index (χ2n) is 6.38. The Kier molecular flexibility index (Phi) is 4.56. The summed E-state index contributed by atoms with van der Waals surface area (Å²) in [6.07, 6.45) is 8.16. The van der Waals surface area contributed by atoms with Gasteiger partial charge in [0.1, 0.15) is 5.69 Å². The van der Waals surface area contributed by atoms with Crippen molar-refractivity contribution in [1.82, 2.24) is 19.9 Å². The molecule has 0 aromatic carbocycles. The van der Waals surface area contributed by atoms with E-state index in [1.807, 2.05) is 23.1 Å².